The zero-order valence-corrected chi connectivity index (χ0v) is 16.3. The Hall–Kier alpha value is -2.51. The molecule has 140 valence electrons. The standard InChI is InChI=1S/C18H17Cl2N5O2/c1-11-9-24-14-15(21-17(24)23(11)7-6-19)22(2)18(27)25(16(14)26)10-12-4-3-5-13(20)8-12/h3-5,8-9H,6-7,10H2,1-2H3. The molecule has 0 radical (unpaired) electrons. The number of aromatic nitrogens is 5. The molecule has 0 unspecified atom stereocenters. The molecule has 1 aromatic carbocycles. The van der Waals surface area contributed by atoms with Crippen LogP contribution in [0.25, 0.3) is 16.9 Å². The van der Waals surface area contributed by atoms with Gasteiger partial charge in [-0.05, 0) is 24.6 Å². The van der Waals surface area contributed by atoms with Gasteiger partial charge in [-0.15, -0.1) is 11.6 Å². The van der Waals surface area contributed by atoms with Crippen LogP contribution in [0, 0.1) is 6.92 Å². The van der Waals surface area contributed by atoms with E-state index in [4.69, 9.17) is 23.2 Å². The number of alkyl halides is 1. The van der Waals surface area contributed by atoms with Gasteiger partial charge < -0.3 is 4.57 Å². The molecule has 4 aromatic rings. The lowest BCUT2D eigenvalue weighted by atomic mass is 10.2. The predicted molar refractivity (Wildman–Crippen MR) is 106 cm³/mol. The van der Waals surface area contributed by atoms with E-state index in [0.717, 1.165) is 11.3 Å². The van der Waals surface area contributed by atoms with Crippen LogP contribution in [0.2, 0.25) is 5.02 Å². The van der Waals surface area contributed by atoms with E-state index in [1.165, 1.54) is 9.13 Å². The Morgan fingerprint density at radius 3 is 2.67 bits per heavy atom. The van der Waals surface area contributed by atoms with Crippen molar-refractivity contribution < 1.29 is 0 Å². The molecule has 27 heavy (non-hydrogen) atoms. The van der Waals surface area contributed by atoms with E-state index in [1.807, 2.05) is 23.8 Å². The molecule has 0 aliphatic carbocycles. The number of benzene rings is 1. The number of halogens is 2. The van der Waals surface area contributed by atoms with Crippen molar-refractivity contribution in [1.82, 2.24) is 23.1 Å². The Balaban J connectivity index is 2.01. The van der Waals surface area contributed by atoms with Crippen LogP contribution in [0.4, 0.5) is 0 Å². The van der Waals surface area contributed by atoms with Crippen molar-refractivity contribution in [2.45, 2.75) is 20.0 Å². The fraction of sp³-hybridized carbons (Fsp3) is 0.278. The van der Waals surface area contributed by atoms with E-state index in [0.29, 0.717) is 34.4 Å². The quantitative estimate of drug-likeness (QED) is 0.489. The predicted octanol–water partition coefficient (Wildman–Crippen LogP) is 2.40. The molecule has 9 heteroatoms. The monoisotopic (exact) mass is 405 g/mol. The number of imidazole rings is 2. The molecular formula is C18H17Cl2N5O2. The normalized spacial score (nSPS) is 11.7. The third-order valence-electron chi connectivity index (χ3n) is 4.68. The summed E-state index contributed by atoms with van der Waals surface area (Å²) in [5.41, 5.74) is 1.63. The van der Waals surface area contributed by atoms with Gasteiger partial charge in [0.15, 0.2) is 11.2 Å². The summed E-state index contributed by atoms with van der Waals surface area (Å²) in [7, 11) is 1.61. The van der Waals surface area contributed by atoms with Gasteiger partial charge in [0.25, 0.3) is 5.56 Å². The van der Waals surface area contributed by atoms with E-state index in [-0.39, 0.29) is 12.1 Å². The molecule has 0 aliphatic heterocycles. The van der Waals surface area contributed by atoms with Gasteiger partial charge in [0, 0.05) is 36.4 Å². The Kier molecular flexibility index (Phi) is 4.36. The summed E-state index contributed by atoms with van der Waals surface area (Å²) in [5, 5.41) is 0.555. The number of nitrogens with zero attached hydrogens (tertiary/aromatic N) is 5. The molecule has 0 saturated heterocycles. The fourth-order valence-corrected chi connectivity index (χ4v) is 3.76. The van der Waals surface area contributed by atoms with E-state index >= 15 is 0 Å². The van der Waals surface area contributed by atoms with Crippen LogP contribution >= 0.6 is 23.2 Å². The molecule has 0 bridgehead atoms. The Morgan fingerprint density at radius 1 is 1.19 bits per heavy atom. The number of aryl methyl sites for hydroxylation is 3. The average molecular weight is 406 g/mol. The minimum absolute atomic E-state index is 0.136. The van der Waals surface area contributed by atoms with Crippen LogP contribution in [0.15, 0.2) is 40.1 Å². The van der Waals surface area contributed by atoms with Gasteiger partial charge in [-0.3, -0.25) is 18.3 Å². The third-order valence-corrected chi connectivity index (χ3v) is 5.08. The largest absolute Gasteiger partial charge is 0.332 e. The minimum atomic E-state index is -0.422. The van der Waals surface area contributed by atoms with Crippen molar-refractivity contribution in [3.05, 3.63) is 67.6 Å². The first-order chi connectivity index (χ1) is 12.9. The van der Waals surface area contributed by atoms with Crippen molar-refractivity contribution in [2.24, 2.45) is 7.05 Å². The minimum Gasteiger partial charge on any atom is -0.313 e. The Morgan fingerprint density at radius 2 is 1.96 bits per heavy atom. The lowest BCUT2D eigenvalue weighted by Gasteiger charge is -2.08. The van der Waals surface area contributed by atoms with Gasteiger partial charge >= 0.3 is 5.69 Å². The van der Waals surface area contributed by atoms with Crippen LogP contribution in [-0.4, -0.2) is 29.0 Å². The molecule has 3 aromatic heterocycles. The van der Waals surface area contributed by atoms with Crippen molar-refractivity contribution in [3.8, 4) is 0 Å². The first-order valence-corrected chi connectivity index (χ1v) is 9.31. The second-order valence-corrected chi connectivity index (χ2v) is 7.24. The van der Waals surface area contributed by atoms with Crippen molar-refractivity contribution >= 4 is 40.1 Å². The maximum absolute atomic E-state index is 13.2. The highest BCUT2D eigenvalue weighted by Crippen LogP contribution is 2.17. The number of fused-ring (bicyclic) bond motifs is 3. The lowest BCUT2D eigenvalue weighted by Crippen LogP contribution is -2.39. The smallest absolute Gasteiger partial charge is 0.313 e. The highest BCUT2D eigenvalue weighted by Gasteiger charge is 2.20. The zero-order chi connectivity index (χ0) is 19.3. The van der Waals surface area contributed by atoms with Gasteiger partial charge in [0.2, 0.25) is 5.78 Å². The second-order valence-electron chi connectivity index (χ2n) is 6.43. The Bertz CT molecular complexity index is 1300. The highest BCUT2D eigenvalue weighted by atomic mass is 35.5. The molecule has 0 aliphatic rings. The van der Waals surface area contributed by atoms with Crippen LogP contribution < -0.4 is 11.2 Å². The van der Waals surface area contributed by atoms with E-state index < -0.39 is 5.69 Å². The number of rotatable bonds is 4. The molecule has 3 heterocycles. The van der Waals surface area contributed by atoms with E-state index in [9.17, 15) is 9.59 Å². The van der Waals surface area contributed by atoms with Crippen LogP contribution in [0.3, 0.4) is 0 Å². The summed E-state index contributed by atoms with van der Waals surface area (Å²) in [6, 6.07) is 7.11. The van der Waals surface area contributed by atoms with E-state index in [1.54, 1.807) is 29.6 Å². The number of hydrogen-bond acceptors (Lipinski definition) is 3. The molecule has 0 atom stereocenters. The van der Waals surface area contributed by atoms with Crippen molar-refractivity contribution in [2.75, 3.05) is 5.88 Å². The average Bonchev–Trinajstić information content (AvgIpc) is 3.14. The molecule has 4 rings (SSSR count). The summed E-state index contributed by atoms with van der Waals surface area (Å²) in [5.74, 6) is 1.02. The Labute approximate surface area is 164 Å². The summed E-state index contributed by atoms with van der Waals surface area (Å²) >= 11 is 11.9. The van der Waals surface area contributed by atoms with Gasteiger partial charge in [-0.25, -0.2) is 4.79 Å². The molecule has 7 nitrogen and oxygen atoms in total. The lowest BCUT2D eigenvalue weighted by molar-refractivity contribution is 0.656. The van der Waals surface area contributed by atoms with Crippen LogP contribution in [0.1, 0.15) is 11.3 Å². The van der Waals surface area contributed by atoms with Crippen LogP contribution in [-0.2, 0) is 20.1 Å². The fourth-order valence-electron chi connectivity index (χ4n) is 3.37. The summed E-state index contributed by atoms with van der Waals surface area (Å²) in [6.45, 7) is 2.63. The van der Waals surface area contributed by atoms with Crippen molar-refractivity contribution in [3.63, 3.8) is 0 Å². The molecule has 0 spiro atoms. The molecular weight excluding hydrogens is 389 g/mol. The second kappa shape index (κ2) is 6.58. The van der Waals surface area contributed by atoms with Crippen LogP contribution in [0.5, 0.6) is 0 Å². The van der Waals surface area contributed by atoms with Gasteiger partial charge in [-0.1, -0.05) is 23.7 Å². The first-order valence-electron chi connectivity index (χ1n) is 8.40. The van der Waals surface area contributed by atoms with Gasteiger partial charge in [0.05, 0.1) is 6.54 Å². The van der Waals surface area contributed by atoms with Gasteiger partial charge in [0.1, 0.15) is 0 Å². The highest BCUT2D eigenvalue weighted by molar-refractivity contribution is 6.30. The number of hydrogen-bond donors (Lipinski definition) is 0. The topological polar surface area (TPSA) is 66.2 Å². The molecule has 0 saturated carbocycles. The summed E-state index contributed by atoms with van der Waals surface area (Å²) in [6.07, 6.45) is 1.84. The van der Waals surface area contributed by atoms with E-state index in [2.05, 4.69) is 4.98 Å². The van der Waals surface area contributed by atoms with Crippen molar-refractivity contribution in [1.29, 1.82) is 0 Å². The molecule has 0 N–H and O–H groups in total. The third kappa shape index (κ3) is 2.78. The summed E-state index contributed by atoms with van der Waals surface area (Å²) < 4.78 is 6.26. The molecule has 0 fully saturated rings. The SMILES string of the molecule is Cc1cn2c3c(=O)n(Cc4cccc(Cl)c4)c(=O)n(C)c3nc2n1CCCl. The van der Waals surface area contributed by atoms with Gasteiger partial charge in [-0.2, -0.15) is 4.98 Å². The molecule has 0 amide bonds. The zero-order valence-electron chi connectivity index (χ0n) is 14.8. The summed E-state index contributed by atoms with van der Waals surface area (Å²) in [4.78, 5) is 30.5. The first kappa shape index (κ1) is 17.9. The maximum Gasteiger partial charge on any atom is 0.332 e. The maximum atomic E-state index is 13.2.